The zero-order chi connectivity index (χ0) is 18.1. The predicted molar refractivity (Wildman–Crippen MR) is 101 cm³/mol. The maximum absolute atomic E-state index is 9.94. The van der Waals surface area contributed by atoms with Crippen LogP contribution in [0.15, 0.2) is 48.5 Å². The molecule has 1 saturated heterocycles. The molecule has 0 spiro atoms. The van der Waals surface area contributed by atoms with Gasteiger partial charge in [0, 0.05) is 19.1 Å². The van der Waals surface area contributed by atoms with Gasteiger partial charge in [-0.15, -0.1) is 0 Å². The summed E-state index contributed by atoms with van der Waals surface area (Å²) in [6, 6.07) is 17.6. The van der Waals surface area contributed by atoms with Gasteiger partial charge in [0.25, 0.3) is 0 Å². The molecule has 2 heterocycles. The van der Waals surface area contributed by atoms with Gasteiger partial charge in [0.15, 0.2) is 0 Å². The van der Waals surface area contributed by atoms with Crippen molar-refractivity contribution >= 4 is 17.0 Å². The number of nitriles is 1. The van der Waals surface area contributed by atoms with Crippen LogP contribution in [0.4, 0.5) is 5.95 Å². The molecule has 4 rings (SSSR count). The van der Waals surface area contributed by atoms with E-state index in [1.165, 1.54) is 0 Å². The molecule has 2 aromatic carbocycles. The van der Waals surface area contributed by atoms with Crippen LogP contribution in [0, 0.1) is 11.3 Å². The smallest absolute Gasteiger partial charge is 0.206 e. The lowest BCUT2D eigenvalue weighted by Gasteiger charge is -2.35. The number of aliphatic hydroxyl groups is 1. The number of aliphatic hydroxyl groups excluding tert-OH is 1. The number of benzene rings is 2. The summed E-state index contributed by atoms with van der Waals surface area (Å²) < 4.78 is 2.13. The molecule has 0 amide bonds. The minimum Gasteiger partial charge on any atom is -0.391 e. The van der Waals surface area contributed by atoms with Gasteiger partial charge in [0.05, 0.1) is 35.3 Å². The molecule has 1 aromatic heterocycles. The standard InChI is InChI=1S/C20H21N5O/c21-11-14-5-1-2-6-15(14)12-25-18-8-4-3-7-17(18)23-20(25)24-10-9-19(26)16(22)13-24/h1-8,16,19,26H,9-10,12-13,22H2/t16-,19-/m0/s1. The fourth-order valence-electron chi connectivity index (χ4n) is 3.55. The Morgan fingerprint density at radius 3 is 2.77 bits per heavy atom. The molecular formula is C20H21N5O. The lowest BCUT2D eigenvalue weighted by atomic mass is 10.0. The maximum atomic E-state index is 9.94. The van der Waals surface area contributed by atoms with Gasteiger partial charge in [-0.3, -0.25) is 0 Å². The number of fused-ring (bicyclic) bond motifs is 1. The van der Waals surface area contributed by atoms with Gasteiger partial charge in [-0.1, -0.05) is 30.3 Å². The van der Waals surface area contributed by atoms with E-state index in [-0.39, 0.29) is 6.04 Å². The molecule has 3 aromatic rings. The summed E-state index contributed by atoms with van der Waals surface area (Å²) in [4.78, 5) is 6.95. The Kier molecular flexibility index (Phi) is 4.33. The van der Waals surface area contributed by atoms with Gasteiger partial charge in [-0.2, -0.15) is 5.26 Å². The first kappa shape index (κ1) is 16.6. The molecular weight excluding hydrogens is 326 g/mol. The number of rotatable bonds is 3. The summed E-state index contributed by atoms with van der Waals surface area (Å²) in [5.41, 5.74) is 9.64. The average molecular weight is 347 g/mol. The fourth-order valence-corrected chi connectivity index (χ4v) is 3.55. The van der Waals surface area contributed by atoms with E-state index in [2.05, 4.69) is 15.5 Å². The Bertz CT molecular complexity index is 974. The summed E-state index contributed by atoms with van der Waals surface area (Å²) in [5, 5.41) is 19.4. The molecule has 0 unspecified atom stereocenters. The lowest BCUT2D eigenvalue weighted by molar-refractivity contribution is 0.124. The van der Waals surface area contributed by atoms with E-state index in [0.717, 1.165) is 22.5 Å². The van der Waals surface area contributed by atoms with Crippen molar-refractivity contribution in [2.45, 2.75) is 25.1 Å². The molecule has 26 heavy (non-hydrogen) atoms. The molecule has 6 heteroatoms. The zero-order valence-corrected chi connectivity index (χ0v) is 14.4. The molecule has 1 fully saturated rings. The van der Waals surface area contributed by atoms with Crippen molar-refractivity contribution in [1.29, 1.82) is 5.26 Å². The highest BCUT2D eigenvalue weighted by Crippen LogP contribution is 2.27. The van der Waals surface area contributed by atoms with E-state index < -0.39 is 6.10 Å². The van der Waals surface area contributed by atoms with E-state index in [0.29, 0.717) is 31.6 Å². The third kappa shape index (κ3) is 2.92. The van der Waals surface area contributed by atoms with Crippen LogP contribution < -0.4 is 10.6 Å². The monoisotopic (exact) mass is 347 g/mol. The van der Waals surface area contributed by atoms with Crippen molar-refractivity contribution in [3.63, 3.8) is 0 Å². The predicted octanol–water partition coefficient (Wildman–Crippen LogP) is 1.85. The van der Waals surface area contributed by atoms with Gasteiger partial charge in [0.1, 0.15) is 0 Å². The summed E-state index contributed by atoms with van der Waals surface area (Å²) in [5.74, 6) is 0.835. The second-order valence-corrected chi connectivity index (χ2v) is 6.72. The quantitative estimate of drug-likeness (QED) is 0.754. The summed E-state index contributed by atoms with van der Waals surface area (Å²) in [7, 11) is 0. The van der Waals surface area contributed by atoms with Gasteiger partial charge >= 0.3 is 0 Å². The molecule has 0 radical (unpaired) electrons. The van der Waals surface area contributed by atoms with Crippen LogP contribution in [0.3, 0.4) is 0 Å². The van der Waals surface area contributed by atoms with Gasteiger partial charge in [-0.25, -0.2) is 4.98 Å². The van der Waals surface area contributed by atoms with E-state index in [9.17, 15) is 10.4 Å². The average Bonchev–Trinajstić information content (AvgIpc) is 3.03. The highest BCUT2D eigenvalue weighted by atomic mass is 16.3. The normalized spacial score (nSPS) is 20.3. The number of nitrogens with two attached hydrogens (primary N) is 1. The van der Waals surface area contributed by atoms with Crippen molar-refractivity contribution < 1.29 is 5.11 Å². The van der Waals surface area contributed by atoms with Crippen LogP contribution in [-0.4, -0.2) is 39.9 Å². The van der Waals surface area contributed by atoms with Gasteiger partial charge < -0.3 is 20.3 Å². The number of anilines is 1. The van der Waals surface area contributed by atoms with Crippen LogP contribution in [0.1, 0.15) is 17.5 Å². The van der Waals surface area contributed by atoms with E-state index in [1.807, 2.05) is 48.5 Å². The summed E-state index contributed by atoms with van der Waals surface area (Å²) >= 11 is 0. The Morgan fingerprint density at radius 1 is 1.19 bits per heavy atom. The highest BCUT2D eigenvalue weighted by molar-refractivity contribution is 5.79. The molecule has 1 aliphatic rings. The fraction of sp³-hybridized carbons (Fsp3) is 0.300. The second kappa shape index (κ2) is 6.79. The van der Waals surface area contributed by atoms with Crippen molar-refractivity contribution in [3.8, 4) is 6.07 Å². The van der Waals surface area contributed by atoms with Gasteiger partial charge in [0.2, 0.25) is 5.95 Å². The second-order valence-electron chi connectivity index (χ2n) is 6.72. The first-order valence-corrected chi connectivity index (χ1v) is 8.79. The van der Waals surface area contributed by atoms with Crippen molar-refractivity contribution in [3.05, 3.63) is 59.7 Å². The molecule has 0 saturated carbocycles. The topological polar surface area (TPSA) is 91.1 Å². The van der Waals surface area contributed by atoms with Crippen molar-refractivity contribution in [1.82, 2.24) is 9.55 Å². The van der Waals surface area contributed by atoms with Crippen LogP contribution in [0.5, 0.6) is 0 Å². The largest absolute Gasteiger partial charge is 0.391 e. The van der Waals surface area contributed by atoms with Crippen LogP contribution in [-0.2, 0) is 6.54 Å². The SMILES string of the molecule is N#Cc1ccccc1Cn1c(N2CC[C@H](O)[C@@H](N)C2)nc2ccccc21. The number of para-hydroxylation sites is 2. The number of piperidine rings is 1. The van der Waals surface area contributed by atoms with Gasteiger partial charge in [-0.05, 0) is 30.2 Å². The summed E-state index contributed by atoms with van der Waals surface area (Å²) in [6.07, 6.45) is 0.155. The number of nitrogens with zero attached hydrogens (tertiary/aromatic N) is 4. The third-order valence-electron chi connectivity index (χ3n) is 5.00. The zero-order valence-electron chi connectivity index (χ0n) is 14.4. The number of aromatic nitrogens is 2. The number of hydrogen-bond acceptors (Lipinski definition) is 5. The molecule has 0 aliphatic carbocycles. The first-order chi connectivity index (χ1) is 12.7. The van der Waals surface area contributed by atoms with E-state index in [4.69, 9.17) is 10.7 Å². The lowest BCUT2D eigenvalue weighted by Crippen LogP contribution is -2.52. The molecule has 0 bridgehead atoms. The number of imidazole rings is 1. The van der Waals surface area contributed by atoms with Crippen LogP contribution in [0.2, 0.25) is 0 Å². The first-order valence-electron chi connectivity index (χ1n) is 8.79. The highest BCUT2D eigenvalue weighted by Gasteiger charge is 2.28. The minimum atomic E-state index is -0.469. The molecule has 132 valence electrons. The van der Waals surface area contributed by atoms with E-state index >= 15 is 0 Å². The molecule has 1 aliphatic heterocycles. The molecule has 3 N–H and O–H groups in total. The minimum absolute atomic E-state index is 0.289. The van der Waals surface area contributed by atoms with Crippen LogP contribution in [0.25, 0.3) is 11.0 Å². The summed E-state index contributed by atoms with van der Waals surface area (Å²) in [6.45, 7) is 1.83. The van der Waals surface area contributed by atoms with E-state index in [1.54, 1.807) is 0 Å². The van der Waals surface area contributed by atoms with Crippen LogP contribution >= 0.6 is 0 Å². The Hall–Kier alpha value is -2.88. The van der Waals surface area contributed by atoms with Crippen molar-refractivity contribution in [2.75, 3.05) is 18.0 Å². The molecule has 2 atom stereocenters. The molecule has 6 nitrogen and oxygen atoms in total. The number of hydrogen-bond donors (Lipinski definition) is 2. The Morgan fingerprint density at radius 2 is 1.96 bits per heavy atom. The van der Waals surface area contributed by atoms with Crippen molar-refractivity contribution in [2.24, 2.45) is 5.73 Å². The Balaban J connectivity index is 1.79. The maximum Gasteiger partial charge on any atom is 0.206 e. The Labute approximate surface area is 152 Å². The third-order valence-corrected chi connectivity index (χ3v) is 5.00.